The molecule has 6 atom stereocenters. The first-order valence-electron chi connectivity index (χ1n) is 12.0. The molecule has 3 heterocycles. The molecular weight excluding hydrogens is 428 g/mol. The van der Waals surface area contributed by atoms with Gasteiger partial charge in [-0.15, -0.1) is 0 Å². The molecule has 0 spiro atoms. The highest BCUT2D eigenvalue weighted by molar-refractivity contribution is 5.38. The Labute approximate surface area is 199 Å². The maximum Gasteiger partial charge on any atom is 0.120 e. The lowest BCUT2D eigenvalue weighted by molar-refractivity contribution is -0.0920. The van der Waals surface area contributed by atoms with Gasteiger partial charge in [0.15, 0.2) is 0 Å². The molecule has 7 nitrogen and oxygen atoms in total. The van der Waals surface area contributed by atoms with Crippen molar-refractivity contribution in [3.8, 4) is 17.2 Å². The Morgan fingerprint density at radius 1 is 0.500 bits per heavy atom. The van der Waals surface area contributed by atoms with Gasteiger partial charge >= 0.3 is 0 Å². The zero-order valence-corrected chi connectivity index (χ0v) is 18.8. The van der Waals surface area contributed by atoms with Crippen LogP contribution in [-0.2, 0) is 0 Å². The van der Waals surface area contributed by atoms with Gasteiger partial charge in [-0.3, -0.25) is 20.9 Å². The quantitative estimate of drug-likeness (QED) is 0.336. The van der Waals surface area contributed by atoms with Gasteiger partial charge in [-0.25, -0.2) is 0 Å². The largest absolute Gasteiger partial charge is 0.508 e. The predicted molar refractivity (Wildman–Crippen MR) is 129 cm³/mol. The molecule has 0 aromatic heterocycles. The van der Waals surface area contributed by atoms with Gasteiger partial charge in [-0.2, -0.15) is 0 Å². The maximum absolute atomic E-state index is 10.3. The number of para-hydroxylation sites is 3. The standard InChI is InChI=1S/C27H30N4O3/c32-22-10-4-1-7-16(22)19-13-25(28-19)31(26-14-20(29-26)17-8-2-5-11-23(17)33)27-15-21(30-27)18-9-3-6-12-24(18)34/h1-12,19-21,25-30,32-34H,13-15H2. The summed E-state index contributed by atoms with van der Waals surface area (Å²) in [6.45, 7) is 0. The highest BCUT2D eigenvalue weighted by Crippen LogP contribution is 2.43. The fourth-order valence-electron chi connectivity index (χ4n) is 5.57. The first-order valence-corrected chi connectivity index (χ1v) is 12.0. The molecule has 0 amide bonds. The minimum absolute atomic E-state index is 0.122. The Kier molecular flexibility index (Phi) is 5.42. The molecule has 3 fully saturated rings. The monoisotopic (exact) mass is 458 g/mol. The molecule has 3 saturated heterocycles. The number of rotatable bonds is 6. The van der Waals surface area contributed by atoms with E-state index < -0.39 is 0 Å². The second-order valence-corrected chi connectivity index (χ2v) is 9.54. The van der Waals surface area contributed by atoms with E-state index in [1.165, 1.54) is 0 Å². The molecule has 0 radical (unpaired) electrons. The average Bonchev–Trinajstić information content (AvgIpc) is 2.74. The van der Waals surface area contributed by atoms with E-state index in [1.54, 1.807) is 18.2 Å². The van der Waals surface area contributed by atoms with Gasteiger partial charge < -0.3 is 15.3 Å². The second kappa shape index (κ2) is 8.60. The number of aromatic hydroxyl groups is 3. The third-order valence-electron chi connectivity index (χ3n) is 7.57. The topological polar surface area (TPSA) is 100 Å². The van der Waals surface area contributed by atoms with Crippen molar-refractivity contribution in [3.05, 3.63) is 89.5 Å². The summed E-state index contributed by atoms with van der Waals surface area (Å²) in [5.74, 6) is 0.980. The molecule has 0 bridgehead atoms. The van der Waals surface area contributed by atoms with Gasteiger partial charge in [0.05, 0.1) is 18.5 Å². The average molecular weight is 459 g/mol. The molecular formula is C27H30N4O3. The molecule has 34 heavy (non-hydrogen) atoms. The van der Waals surface area contributed by atoms with Crippen molar-refractivity contribution in [2.75, 3.05) is 0 Å². The van der Waals surface area contributed by atoms with Crippen LogP contribution in [0, 0.1) is 0 Å². The fraction of sp³-hybridized carbons (Fsp3) is 0.333. The van der Waals surface area contributed by atoms with E-state index in [4.69, 9.17) is 0 Å². The Balaban J connectivity index is 1.16. The van der Waals surface area contributed by atoms with Crippen LogP contribution < -0.4 is 16.0 Å². The summed E-state index contributed by atoms with van der Waals surface area (Å²) >= 11 is 0. The lowest BCUT2D eigenvalue weighted by atomic mass is 9.86. The zero-order valence-electron chi connectivity index (χ0n) is 18.8. The molecule has 7 heteroatoms. The molecule has 0 aliphatic carbocycles. The van der Waals surface area contributed by atoms with Crippen LogP contribution >= 0.6 is 0 Å². The maximum atomic E-state index is 10.3. The number of hydrogen-bond donors (Lipinski definition) is 6. The Morgan fingerprint density at radius 3 is 1.03 bits per heavy atom. The van der Waals surface area contributed by atoms with Crippen LogP contribution in [0.2, 0.25) is 0 Å². The molecule has 3 aromatic carbocycles. The van der Waals surface area contributed by atoms with Crippen LogP contribution in [0.4, 0.5) is 0 Å². The van der Waals surface area contributed by atoms with E-state index in [9.17, 15) is 15.3 Å². The fourth-order valence-corrected chi connectivity index (χ4v) is 5.57. The summed E-state index contributed by atoms with van der Waals surface area (Å²) in [6.07, 6.45) is 3.18. The van der Waals surface area contributed by atoms with Gasteiger partial charge in [0.25, 0.3) is 0 Å². The van der Waals surface area contributed by atoms with Crippen LogP contribution in [0.1, 0.15) is 54.1 Å². The first-order chi connectivity index (χ1) is 16.6. The number of phenolic OH excluding ortho intramolecular Hbond substituents is 3. The summed E-state index contributed by atoms with van der Waals surface area (Å²) in [4.78, 5) is 2.45. The van der Waals surface area contributed by atoms with E-state index in [0.717, 1.165) is 36.0 Å². The smallest absolute Gasteiger partial charge is 0.120 e. The summed E-state index contributed by atoms with van der Waals surface area (Å²) in [5.41, 5.74) is 2.79. The van der Waals surface area contributed by atoms with E-state index >= 15 is 0 Å². The summed E-state index contributed by atoms with van der Waals surface area (Å²) in [6, 6.07) is 22.9. The molecule has 0 saturated carbocycles. The molecule has 3 aliphatic heterocycles. The van der Waals surface area contributed by atoms with Gasteiger partial charge in [-0.1, -0.05) is 54.6 Å². The Hall–Kier alpha value is -3.10. The van der Waals surface area contributed by atoms with Gasteiger partial charge in [0.2, 0.25) is 0 Å². The lowest BCUT2D eigenvalue weighted by Crippen LogP contribution is -2.73. The summed E-state index contributed by atoms with van der Waals surface area (Å²) in [5, 5.41) is 41.7. The SMILES string of the molecule is Oc1ccccc1C1CC(N(C2CC(c3ccccc3O)N2)C2CC(c3ccccc3O)N2)N1. The molecule has 3 aromatic rings. The second-order valence-electron chi connectivity index (χ2n) is 9.54. The molecule has 3 aliphatic rings. The van der Waals surface area contributed by atoms with E-state index in [2.05, 4.69) is 20.9 Å². The number of phenols is 3. The molecule has 6 N–H and O–H groups in total. The third-order valence-corrected chi connectivity index (χ3v) is 7.57. The normalized spacial score (nSPS) is 30.3. The molecule has 176 valence electrons. The minimum atomic E-state index is 0.122. The van der Waals surface area contributed by atoms with E-state index in [0.29, 0.717) is 17.2 Å². The third kappa shape index (κ3) is 3.71. The summed E-state index contributed by atoms with van der Waals surface area (Å²) < 4.78 is 0. The van der Waals surface area contributed by atoms with Crippen molar-refractivity contribution < 1.29 is 15.3 Å². The number of benzene rings is 3. The van der Waals surface area contributed by atoms with Crippen LogP contribution in [0.3, 0.4) is 0 Å². The van der Waals surface area contributed by atoms with Gasteiger partial charge in [-0.05, 0) is 37.5 Å². The van der Waals surface area contributed by atoms with Crippen LogP contribution in [0.5, 0.6) is 17.2 Å². The van der Waals surface area contributed by atoms with Crippen molar-refractivity contribution in [2.24, 2.45) is 0 Å². The van der Waals surface area contributed by atoms with Crippen molar-refractivity contribution in [3.63, 3.8) is 0 Å². The summed E-state index contributed by atoms with van der Waals surface area (Å²) in [7, 11) is 0. The number of nitrogens with zero attached hydrogens (tertiary/aromatic N) is 1. The van der Waals surface area contributed by atoms with Crippen molar-refractivity contribution in [2.45, 2.75) is 55.9 Å². The minimum Gasteiger partial charge on any atom is -0.508 e. The first kappa shape index (κ1) is 21.4. The van der Waals surface area contributed by atoms with Crippen molar-refractivity contribution >= 4 is 0 Å². The molecule has 6 rings (SSSR count). The Bertz CT molecular complexity index is 1020. The van der Waals surface area contributed by atoms with E-state index in [-0.39, 0.29) is 36.6 Å². The van der Waals surface area contributed by atoms with Gasteiger partial charge in [0.1, 0.15) is 17.2 Å². The zero-order chi connectivity index (χ0) is 23.2. The highest BCUT2D eigenvalue weighted by atomic mass is 16.3. The van der Waals surface area contributed by atoms with Crippen molar-refractivity contribution in [1.82, 2.24) is 20.9 Å². The predicted octanol–water partition coefficient (Wildman–Crippen LogP) is 3.59. The van der Waals surface area contributed by atoms with Crippen molar-refractivity contribution in [1.29, 1.82) is 0 Å². The van der Waals surface area contributed by atoms with Crippen LogP contribution in [0.25, 0.3) is 0 Å². The highest BCUT2D eigenvalue weighted by Gasteiger charge is 2.48. The number of nitrogens with one attached hydrogen (secondary N) is 3. The van der Waals surface area contributed by atoms with Crippen LogP contribution in [-0.4, -0.2) is 38.7 Å². The van der Waals surface area contributed by atoms with Crippen LogP contribution in [0.15, 0.2) is 72.8 Å². The number of hydrogen-bond acceptors (Lipinski definition) is 7. The lowest BCUT2D eigenvalue weighted by Gasteiger charge is -2.58. The Morgan fingerprint density at radius 2 is 0.765 bits per heavy atom. The molecule has 6 unspecified atom stereocenters. The van der Waals surface area contributed by atoms with E-state index in [1.807, 2.05) is 54.6 Å². The van der Waals surface area contributed by atoms with Gasteiger partial charge in [0, 0.05) is 34.8 Å².